The number of hydrogen-bond donors (Lipinski definition) is 2. The largest absolute Gasteiger partial charge is 0.489 e. The lowest BCUT2D eigenvalue weighted by atomic mass is 10.3. The quantitative estimate of drug-likeness (QED) is 0.404. The molecule has 1 aromatic heterocycles. The smallest absolute Gasteiger partial charge is 0.148 e. The third kappa shape index (κ3) is 2.70. The highest BCUT2D eigenvalue weighted by Gasteiger charge is 2.06. The molecule has 1 rings (SSSR count). The first-order chi connectivity index (χ1) is 6.75. The predicted molar refractivity (Wildman–Crippen MR) is 52.6 cm³/mol. The van der Waals surface area contributed by atoms with E-state index in [0.717, 1.165) is 0 Å². The van der Waals surface area contributed by atoms with Crippen molar-refractivity contribution in [1.82, 2.24) is 4.98 Å². The van der Waals surface area contributed by atoms with E-state index in [-0.39, 0.29) is 5.84 Å². The van der Waals surface area contributed by atoms with Crippen LogP contribution in [0.1, 0.15) is 5.69 Å². The number of aromatic nitrogens is 1. The summed E-state index contributed by atoms with van der Waals surface area (Å²) in [6, 6.07) is 3.45. The fourth-order valence-corrected chi connectivity index (χ4v) is 0.944. The van der Waals surface area contributed by atoms with Crippen LogP contribution in [-0.4, -0.2) is 31.1 Å². The Morgan fingerprint density at radius 2 is 2.36 bits per heavy atom. The second-order valence-corrected chi connectivity index (χ2v) is 2.61. The Hall–Kier alpha value is -1.62. The molecule has 0 radical (unpaired) electrons. The highest BCUT2D eigenvalue weighted by Crippen LogP contribution is 2.13. The van der Waals surface area contributed by atoms with E-state index in [1.807, 2.05) is 0 Å². The van der Waals surface area contributed by atoms with Crippen molar-refractivity contribution in [2.75, 3.05) is 20.3 Å². The lowest BCUT2D eigenvalue weighted by molar-refractivity contribution is 0.146. The normalized spacial score (nSPS) is 9.79. The lowest BCUT2D eigenvalue weighted by Gasteiger charge is -2.08. The minimum atomic E-state index is -0.0991. The predicted octanol–water partition coefficient (Wildman–Crippen LogP) is 0.391. The van der Waals surface area contributed by atoms with Crippen LogP contribution in [0.25, 0.3) is 0 Å². The molecule has 76 valence electrons. The average Bonchev–Trinajstić information content (AvgIpc) is 2.19. The van der Waals surface area contributed by atoms with E-state index in [4.69, 9.17) is 20.6 Å². The molecular weight excluding hydrogens is 182 g/mol. The highest BCUT2D eigenvalue weighted by atomic mass is 16.5. The van der Waals surface area contributed by atoms with Crippen LogP contribution in [0.3, 0.4) is 0 Å². The van der Waals surface area contributed by atoms with Gasteiger partial charge in [-0.25, -0.2) is 4.98 Å². The van der Waals surface area contributed by atoms with Gasteiger partial charge in [0.2, 0.25) is 0 Å². The zero-order chi connectivity index (χ0) is 10.4. The molecule has 14 heavy (non-hydrogen) atoms. The first-order valence-corrected chi connectivity index (χ1v) is 4.17. The molecule has 0 saturated carbocycles. The fourth-order valence-electron chi connectivity index (χ4n) is 0.944. The van der Waals surface area contributed by atoms with Crippen molar-refractivity contribution in [3.05, 3.63) is 24.0 Å². The summed E-state index contributed by atoms with van der Waals surface area (Å²) in [6.07, 6.45) is 1.57. The molecule has 1 aromatic rings. The third-order valence-electron chi connectivity index (χ3n) is 1.57. The SMILES string of the molecule is COCCOc1cccnc1C(=N)N. The van der Waals surface area contributed by atoms with Crippen molar-refractivity contribution in [2.45, 2.75) is 0 Å². The van der Waals surface area contributed by atoms with Gasteiger partial charge in [-0.05, 0) is 12.1 Å². The molecule has 1 heterocycles. The molecule has 0 spiro atoms. The maximum absolute atomic E-state index is 7.26. The number of nitrogen functional groups attached to an aromatic ring is 1. The number of nitrogens with zero attached hydrogens (tertiary/aromatic N) is 1. The van der Waals surface area contributed by atoms with Gasteiger partial charge in [0.15, 0.2) is 0 Å². The van der Waals surface area contributed by atoms with Crippen LogP contribution in [0.15, 0.2) is 18.3 Å². The zero-order valence-corrected chi connectivity index (χ0v) is 7.99. The molecule has 3 N–H and O–H groups in total. The molecule has 0 aromatic carbocycles. The number of pyridine rings is 1. The molecule has 5 heteroatoms. The number of hydrogen-bond acceptors (Lipinski definition) is 4. The summed E-state index contributed by atoms with van der Waals surface area (Å²) in [5.41, 5.74) is 5.69. The molecule has 0 amide bonds. The van der Waals surface area contributed by atoms with Crippen LogP contribution < -0.4 is 10.5 Å². The molecule has 5 nitrogen and oxygen atoms in total. The van der Waals surface area contributed by atoms with Crippen molar-refractivity contribution < 1.29 is 9.47 Å². The monoisotopic (exact) mass is 195 g/mol. The number of ether oxygens (including phenoxy) is 2. The second-order valence-electron chi connectivity index (χ2n) is 2.61. The Bertz CT molecular complexity index is 315. The Morgan fingerprint density at radius 3 is 3.00 bits per heavy atom. The number of rotatable bonds is 5. The van der Waals surface area contributed by atoms with E-state index in [0.29, 0.717) is 24.7 Å². The van der Waals surface area contributed by atoms with Crippen molar-refractivity contribution in [2.24, 2.45) is 5.73 Å². The Labute approximate surface area is 82.4 Å². The first kappa shape index (κ1) is 10.5. The van der Waals surface area contributed by atoms with E-state index in [1.54, 1.807) is 25.4 Å². The van der Waals surface area contributed by atoms with Crippen molar-refractivity contribution in [3.8, 4) is 5.75 Å². The summed E-state index contributed by atoms with van der Waals surface area (Å²) in [4.78, 5) is 3.94. The van der Waals surface area contributed by atoms with Gasteiger partial charge < -0.3 is 15.2 Å². The van der Waals surface area contributed by atoms with E-state index in [9.17, 15) is 0 Å². The average molecular weight is 195 g/mol. The van der Waals surface area contributed by atoms with Crippen LogP contribution in [0, 0.1) is 5.41 Å². The summed E-state index contributed by atoms with van der Waals surface area (Å²) in [7, 11) is 1.60. The molecule has 0 unspecified atom stereocenters. The summed E-state index contributed by atoms with van der Waals surface area (Å²) < 4.78 is 10.2. The first-order valence-electron chi connectivity index (χ1n) is 4.17. The number of amidine groups is 1. The van der Waals surface area contributed by atoms with Crippen LogP contribution in [-0.2, 0) is 4.74 Å². The van der Waals surface area contributed by atoms with E-state index < -0.39 is 0 Å². The van der Waals surface area contributed by atoms with Gasteiger partial charge in [-0.2, -0.15) is 0 Å². The van der Waals surface area contributed by atoms with Crippen LogP contribution >= 0.6 is 0 Å². The van der Waals surface area contributed by atoms with Gasteiger partial charge in [-0.15, -0.1) is 0 Å². The van der Waals surface area contributed by atoms with Gasteiger partial charge in [0.25, 0.3) is 0 Å². The molecule has 0 bridgehead atoms. The summed E-state index contributed by atoms with van der Waals surface area (Å²) >= 11 is 0. The van der Waals surface area contributed by atoms with Crippen molar-refractivity contribution >= 4 is 5.84 Å². The van der Waals surface area contributed by atoms with E-state index >= 15 is 0 Å². The second kappa shape index (κ2) is 5.18. The van der Waals surface area contributed by atoms with Crippen molar-refractivity contribution in [1.29, 1.82) is 5.41 Å². The topological polar surface area (TPSA) is 81.2 Å². The van der Waals surface area contributed by atoms with E-state index in [2.05, 4.69) is 4.98 Å². The highest BCUT2D eigenvalue weighted by molar-refractivity contribution is 5.95. The van der Waals surface area contributed by atoms with Gasteiger partial charge in [-0.1, -0.05) is 0 Å². The number of methoxy groups -OCH3 is 1. The number of nitrogens with one attached hydrogen (secondary N) is 1. The van der Waals surface area contributed by atoms with Gasteiger partial charge in [0, 0.05) is 13.3 Å². The third-order valence-corrected chi connectivity index (χ3v) is 1.57. The van der Waals surface area contributed by atoms with Gasteiger partial charge in [0.1, 0.15) is 23.9 Å². The maximum Gasteiger partial charge on any atom is 0.148 e. The fraction of sp³-hybridized carbons (Fsp3) is 0.333. The maximum atomic E-state index is 7.26. The Kier molecular flexibility index (Phi) is 3.87. The van der Waals surface area contributed by atoms with Gasteiger partial charge >= 0.3 is 0 Å². The molecule has 0 aliphatic heterocycles. The minimum Gasteiger partial charge on any atom is -0.489 e. The summed E-state index contributed by atoms with van der Waals surface area (Å²) in [6.45, 7) is 0.911. The van der Waals surface area contributed by atoms with Crippen LogP contribution in [0.2, 0.25) is 0 Å². The zero-order valence-electron chi connectivity index (χ0n) is 7.99. The Balaban J connectivity index is 2.69. The lowest BCUT2D eigenvalue weighted by Crippen LogP contribution is -2.16. The van der Waals surface area contributed by atoms with Gasteiger partial charge in [-0.3, -0.25) is 5.41 Å². The minimum absolute atomic E-state index is 0.0991. The molecule has 0 atom stereocenters. The van der Waals surface area contributed by atoms with Gasteiger partial charge in [0.05, 0.1) is 6.61 Å². The standard InChI is InChI=1S/C9H13N3O2/c1-13-5-6-14-7-3-2-4-12-8(7)9(10)11/h2-4H,5-6H2,1H3,(H3,10,11). The molecule has 0 aliphatic rings. The Morgan fingerprint density at radius 1 is 1.57 bits per heavy atom. The van der Waals surface area contributed by atoms with Crippen molar-refractivity contribution in [3.63, 3.8) is 0 Å². The molecule has 0 saturated heterocycles. The molecular formula is C9H13N3O2. The molecule has 0 aliphatic carbocycles. The number of nitrogens with two attached hydrogens (primary N) is 1. The van der Waals surface area contributed by atoms with Crippen LogP contribution in [0.5, 0.6) is 5.75 Å². The van der Waals surface area contributed by atoms with E-state index in [1.165, 1.54) is 0 Å². The van der Waals surface area contributed by atoms with Crippen LogP contribution in [0.4, 0.5) is 0 Å². The molecule has 0 fully saturated rings. The summed E-state index contributed by atoms with van der Waals surface area (Å²) in [5, 5.41) is 7.26. The summed E-state index contributed by atoms with van der Waals surface area (Å²) in [5.74, 6) is 0.412.